The fourth-order valence-corrected chi connectivity index (χ4v) is 2.29. The quantitative estimate of drug-likeness (QED) is 0.870. The predicted molar refractivity (Wildman–Crippen MR) is 76.5 cm³/mol. The summed E-state index contributed by atoms with van der Waals surface area (Å²) in [7, 11) is 0. The van der Waals surface area contributed by atoms with Gasteiger partial charge < -0.3 is 5.32 Å². The van der Waals surface area contributed by atoms with E-state index in [1.54, 1.807) is 25.1 Å². The second-order valence-electron chi connectivity index (χ2n) is 4.23. The molecule has 1 aromatic heterocycles. The maximum atomic E-state index is 12.7. The zero-order valence-electron chi connectivity index (χ0n) is 10.5. The fraction of sp³-hybridized carbons (Fsp3) is 0.143. The van der Waals surface area contributed by atoms with E-state index < -0.39 is 5.95 Å². The van der Waals surface area contributed by atoms with Gasteiger partial charge in [0.25, 0.3) is 5.91 Å². The largest absolute Gasteiger partial charge is 0.345 e. The number of pyridine rings is 1. The van der Waals surface area contributed by atoms with Crippen molar-refractivity contribution in [3.8, 4) is 0 Å². The van der Waals surface area contributed by atoms with E-state index in [0.29, 0.717) is 10.0 Å². The van der Waals surface area contributed by atoms with Crippen molar-refractivity contribution < 1.29 is 9.18 Å². The Kier molecular flexibility index (Phi) is 4.57. The Labute approximate surface area is 125 Å². The molecular formula is C14H11Cl2FN2O. The van der Waals surface area contributed by atoms with Crippen LogP contribution in [0.1, 0.15) is 28.9 Å². The molecule has 0 fully saturated rings. The van der Waals surface area contributed by atoms with Gasteiger partial charge in [-0.1, -0.05) is 29.3 Å². The number of hydrogen-bond donors (Lipinski definition) is 1. The minimum atomic E-state index is -0.629. The molecule has 0 radical (unpaired) electrons. The zero-order chi connectivity index (χ0) is 14.7. The summed E-state index contributed by atoms with van der Waals surface area (Å²) in [4.78, 5) is 15.4. The molecule has 1 atom stereocenters. The maximum Gasteiger partial charge on any atom is 0.253 e. The minimum absolute atomic E-state index is 0.281. The first kappa shape index (κ1) is 14.8. The van der Waals surface area contributed by atoms with Crippen molar-refractivity contribution in [1.82, 2.24) is 10.3 Å². The van der Waals surface area contributed by atoms with Gasteiger partial charge >= 0.3 is 0 Å². The molecule has 0 saturated heterocycles. The molecule has 20 heavy (non-hydrogen) atoms. The fourth-order valence-electron chi connectivity index (χ4n) is 1.72. The Morgan fingerprint density at radius 3 is 2.65 bits per heavy atom. The van der Waals surface area contributed by atoms with Crippen LogP contribution in [0, 0.1) is 5.95 Å². The normalized spacial score (nSPS) is 12.0. The lowest BCUT2D eigenvalue weighted by molar-refractivity contribution is 0.0939. The van der Waals surface area contributed by atoms with Crippen molar-refractivity contribution in [3.05, 3.63) is 63.6 Å². The molecule has 0 aliphatic rings. The van der Waals surface area contributed by atoms with Crippen molar-refractivity contribution in [2.75, 3.05) is 0 Å². The van der Waals surface area contributed by atoms with Crippen LogP contribution in [0.15, 0.2) is 36.5 Å². The summed E-state index contributed by atoms with van der Waals surface area (Å²) in [5, 5.41) is 3.77. The third-order valence-electron chi connectivity index (χ3n) is 2.77. The average molecular weight is 313 g/mol. The number of nitrogens with zero attached hydrogens (tertiary/aromatic N) is 1. The third-order valence-corrected chi connectivity index (χ3v) is 3.33. The second kappa shape index (κ2) is 6.20. The average Bonchev–Trinajstić information content (AvgIpc) is 2.39. The van der Waals surface area contributed by atoms with E-state index >= 15 is 0 Å². The van der Waals surface area contributed by atoms with Gasteiger partial charge in [-0.05, 0) is 36.8 Å². The number of halogens is 3. The van der Waals surface area contributed by atoms with Gasteiger partial charge in [-0.25, -0.2) is 4.98 Å². The number of rotatable bonds is 3. The summed E-state index contributed by atoms with van der Waals surface area (Å²) >= 11 is 11.9. The van der Waals surface area contributed by atoms with Crippen molar-refractivity contribution >= 4 is 29.1 Å². The smallest absolute Gasteiger partial charge is 0.253 e. The van der Waals surface area contributed by atoms with Gasteiger partial charge in [0.05, 0.1) is 11.6 Å². The summed E-state index contributed by atoms with van der Waals surface area (Å²) in [5.41, 5.74) is 1.03. The molecule has 1 N–H and O–H groups in total. The first-order valence-corrected chi connectivity index (χ1v) is 6.60. The highest BCUT2D eigenvalue weighted by Crippen LogP contribution is 2.26. The molecule has 1 aromatic carbocycles. The molecular weight excluding hydrogens is 302 g/mol. The van der Waals surface area contributed by atoms with Gasteiger partial charge in [-0.2, -0.15) is 4.39 Å². The van der Waals surface area contributed by atoms with Crippen LogP contribution in [0.3, 0.4) is 0 Å². The Morgan fingerprint density at radius 2 is 2.05 bits per heavy atom. The Morgan fingerprint density at radius 1 is 1.30 bits per heavy atom. The van der Waals surface area contributed by atoms with Crippen LogP contribution in [-0.4, -0.2) is 10.9 Å². The lowest BCUT2D eigenvalue weighted by Crippen LogP contribution is -2.27. The highest BCUT2D eigenvalue weighted by Gasteiger charge is 2.14. The first-order valence-electron chi connectivity index (χ1n) is 5.84. The topological polar surface area (TPSA) is 42.0 Å². The zero-order valence-corrected chi connectivity index (χ0v) is 12.0. The van der Waals surface area contributed by atoms with E-state index in [0.717, 1.165) is 11.6 Å². The van der Waals surface area contributed by atoms with Gasteiger partial charge in [-0.15, -0.1) is 0 Å². The first-order chi connectivity index (χ1) is 9.47. The monoisotopic (exact) mass is 312 g/mol. The van der Waals surface area contributed by atoms with Gasteiger partial charge in [0.2, 0.25) is 5.95 Å². The minimum Gasteiger partial charge on any atom is -0.345 e. The molecule has 2 aromatic rings. The molecule has 0 aliphatic heterocycles. The Balaban J connectivity index is 2.12. The van der Waals surface area contributed by atoms with Gasteiger partial charge in [-0.3, -0.25) is 4.79 Å². The van der Waals surface area contributed by atoms with Crippen molar-refractivity contribution in [3.63, 3.8) is 0 Å². The second-order valence-corrected chi connectivity index (χ2v) is 5.07. The summed E-state index contributed by atoms with van der Waals surface area (Å²) in [6.45, 7) is 1.80. The van der Waals surface area contributed by atoms with Gasteiger partial charge in [0.1, 0.15) is 0 Å². The van der Waals surface area contributed by atoms with Crippen LogP contribution < -0.4 is 5.32 Å². The van der Waals surface area contributed by atoms with E-state index in [1.807, 2.05) is 0 Å². The number of aromatic nitrogens is 1. The van der Waals surface area contributed by atoms with Crippen LogP contribution >= 0.6 is 23.2 Å². The SMILES string of the molecule is CC(NC(=O)c1ccc(F)nc1)c1ccc(Cl)cc1Cl. The van der Waals surface area contributed by atoms with E-state index in [-0.39, 0.29) is 17.5 Å². The van der Waals surface area contributed by atoms with Gasteiger partial charge in [0.15, 0.2) is 0 Å². The third kappa shape index (κ3) is 3.46. The Bertz CT molecular complexity index is 632. The molecule has 0 bridgehead atoms. The molecule has 1 heterocycles. The van der Waals surface area contributed by atoms with Crippen LogP contribution in [0.25, 0.3) is 0 Å². The van der Waals surface area contributed by atoms with Crippen molar-refractivity contribution in [2.24, 2.45) is 0 Å². The molecule has 1 unspecified atom stereocenters. The summed E-state index contributed by atoms with van der Waals surface area (Å²) in [6, 6.07) is 7.25. The van der Waals surface area contributed by atoms with Gasteiger partial charge in [0, 0.05) is 16.2 Å². The van der Waals surface area contributed by atoms with Crippen LogP contribution in [0.5, 0.6) is 0 Å². The van der Waals surface area contributed by atoms with E-state index in [2.05, 4.69) is 10.3 Å². The highest BCUT2D eigenvalue weighted by atomic mass is 35.5. The van der Waals surface area contributed by atoms with E-state index in [1.165, 1.54) is 12.3 Å². The Hall–Kier alpha value is -1.65. The van der Waals surface area contributed by atoms with Crippen molar-refractivity contribution in [2.45, 2.75) is 13.0 Å². The maximum absolute atomic E-state index is 12.7. The molecule has 104 valence electrons. The number of benzene rings is 1. The van der Waals surface area contributed by atoms with Crippen LogP contribution in [0.2, 0.25) is 10.0 Å². The number of amides is 1. The van der Waals surface area contributed by atoms with Crippen molar-refractivity contribution in [1.29, 1.82) is 0 Å². The van der Waals surface area contributed by atoms with E-state index in [9.17, 15) is 9.18 Å². The molecule has 3 nitrogen and oxygen atoms in total. The summed E-state index contributed by atoms with van der Waals surface area (Å²) < 4.78 is 12.7. The van der Waals surface area contributed by atoms with Crippen LogP contribution in [-0.2, 0) is 0 Å². The molecule has 6 heteroatoms. The summed E-state index contributed by atoms with van der Waals surface area (Å²) in [6.07, 6.45) is 1.18. The number of carbonyl (C=O) groups is 1. The lowest BCUT2D eigenvalue weighted by Gasteiger charge is -2.15. The molecule has 2 rings (SSSR count). The molecule has 0 spiro atoms. The standard InChI is InChI=1S/C14H11Cl2FN2O/c1-8(11-4-3-10(15)6-12(11)16)19-14(20)9-2-5-13(17)18-7-9/h2-8H,1H3,(H,19,20). The predicted octanol–water partition coefficient (Wildman–Crippen LogP) is 4.02. The lowest BCUT2D eigenvalue weighted by atomic mass is 10.1. The molecule has 0 aliphatic carbocycles. The highest BCUT2D eigenvalue weighted by molar-refractivity contribution is 6.35. The summed E-state index contributed by atoms with van der Waals surface area (Å²) in [5.74, 6) is -0.980. The number of hydrogen-bond acceptors (Lipinski definition) is 2. The van der Waals surface area contributed by atoms with Crippen LogP contribution in [0.4, 0.5) is 4.39 Å². The number of nitrogens with one attached hydrogen (secondary N) is 1. The van der Waals surface area contributed by atoms with E-state index in [4.69, 9.17) is 23.2 Å². The number of carbonyl (C=O) groups excluding carboxylic acids is 1. The molecule has 1 amide bonds. The molecule has 0 saturated carbocycles.